The van der Waals surface area contributed by atoms with Crippen molar-refractivity contribution in [3.63, 3.8) is 0 Å². The Morgan fingerprint density at radius 1 is 1.22 bits per heavy atom. The van der Waals surface area contributed by atoms with Gasteiger partial charge in [0.15, 0.2) is 5.76 Å². The topological polar surface area (TPSA) is 40.5 Å². The van der Waals surface area contributed by atoms with E-state index in [0.717, 1.165) is 36.9 Å². The molecule has 1 fully saturated rings. The molecule has 0 bridgehead atoms. The molecule has 94 valence electrons. The molecule has 18 heavy (non-hydrogen) atoms. The molecule has 1 amide bonds. The lowest BCUT2D eigenvalue weighted by Gasteiger charge is -2.31. The number of aliphatic hydroxyl groups is 1. The maximum atomic E-state index is 12.0. The molecule has 2 heterocycles. The molecule has 1 N–H and O–H groups in total. The Kier molecular flexibility index (Phi) is 2.78. The maximum Gasteiger partial charge on any atom is 0.289 e. The van der Waals surface area contributed by atoms with Crippen LogP contribution < -0.4 is 0 Å². The summed E-state index contributed by atoms with van der Waals surface area (Å²) in [6.07, 6.45) is 3.04. The quantitative estimate of drug-likeness (QED) is 0.846. The van der Waals surface area contributed by atoms with Crippen LogP contribution in [0, 0.1) is 0 Å². The van der Waals surface area contributed by atoms with E-state index in [9.17, 15) is 9.90 Å². The van der Waals surface area contributed by atoms with Crippen LogP contribution >= 0.6 is 11.6 Å². The van der Waals surface area contributed by atoms with Crippen molar-refractivity contribution in [2.24, 2.45) is 0 Å². The Hall–Kier alpha value is -1.48. The number of hydrogen-bond donors (Lipinski definition) is 1. The van der Waals surface area contributed by atoms with Crippen LogP contribution in [0.15, 0.2) is 30.0 Å². The van der Waals surface area contributed by atoms with Crippen LogP contribution in [0.2, 0.25) is 5.02 Å². The van der Waals surface area contributed by atoms with Crippen molar-refractivity contribution >= 4 is 23.1 Å². The van der Waals surface area contributed by atoms with Gasteiger partial charge in [0.05, 0.1) is 6.04 Å². The average molecular weight is 264 g/mol. The highest BCUT2D eigenvalue weighted by molar-refractivity contribution is 6.30. The number of carbonyl (C=O) groups excluding carboxylic acids is 1. The lowest BCUT2D eigenvalue weighted by atomic mass is 9.93. The van der Waals surface area contributed by atoms with Gasteiger partial charge in [-0.2, -0.15) is 0 Å². The summed E-state index contributed by atoms with van der Waals surface area (Å²) in [5, 5.41) is 10.7. The summed E-state index contributed by atoms with van der Waals surface area (Å²) in [5.41, 5.74) is 1.65. The van der Waals surface area contributed by atoms with Crippen LogP contribution in [-0.2, 0) is 4.79 Å². The highest BCUT2D eigenvalue weighted by atomic mass is 35.5. The van der Waals surface area contributed by atoms with E-state index in [1.54, 1.807) is 17.0 Å². The summed E-state index contributed by atoms with van der Waals surface area (Å²) in [6, 6.07) is 7.33. The molecule has 1 unspecified atom stereocenters. The molecule has 0 radical (unpaired) electrons. The minimum atomic E-state index is -0.232. The fraction of sp³-hybridized carbons (Fsp3) is 0.357. The zero-order valence-corrected chi connectivity index (χ0v) is 10.7. The standard InChI is InChI=1S/C14H14ClNO2/c15-10-6-4-9(5-7-10)12-11-3-1-2-8-16(11)14(18)13(12)17/h4-7,11,17H,1-3,8H2. The van der Waals surface area contributed by atoms with E-state index in [4.69, 9.17) is 11.6 Å². The smallest absolute Gasteiger partial charge is 0.289 e. The molecule has 1 aromatic carbocycles. The van der Waals surface area contributed by atoms with Crippen LogP contribution in [0.25, 0.3) is 5.57 Å². The fourth-order valence-electron chi connectivity index (χ4n) is 2.84. The van der Waals surface area contributed by atoms with Crippen LogP contribution in [0.1, 0.15) is 24.8 Å². The van der Waals surface area contributed by atoms with Crippen LogP contribution in [0.5, 0.6) is 0 Å². The Labute approximate surface area is 111 Å². The van der Waals surface area contributed by atoms with E-state index < -0.39 is 0 Å². The summed E-state index contributed by atoms with van der Waals surface area (Å²) in [6.45, 7) is 0.741. The van der Waals surface area contributed by atoms with Crippen molar-refractivity contribution < 1.29 is 9.90 Å². The summed E-state index contributed by atoms with van der Waals surface area (Å²) in [5.74, 6) is -0.325. The number of aliphatic hydroxyl groups excluding tert-OH is 1. The molecule has 0 aliphatic carbocycles. The van der Waals surface area contributed by atoms with Crippen LogP contribution in [-0.4, -0.2) is 28.5 Å². The third kappa shape index (κ3) is 1.70. The van der Waals surface area contributed by atoms with E-state index in [1.807, 2.05) is 12.1 Å². The molecule has 1 aromatic rings. The van der Waals surface area contributed by atoms with Crippen molar-refractivity contribution in [1.82, 2.24) is 4.90 Å². The number of rotatable bonds is 1. The molecular weight excluding hydrogens is 250 g/mol. The molecule has 0 aromatic heterocycles. The number of fused-ring (bicyclic) bond motifs is 1. The fourth-order valence-corrected chi connectivity index (χ4v) is 2.97. The van der Waals surface area contributed by atoms with E-state index >= 15 is 0 Å². The number of hydrogen-bond acceptors (Lipinski definition) is 2. The van der Waals surface area contributed by atoms with Gasteiger partial charge < -0.3 is 10.0 Å². The predicted octanol–water partition coefficient (Wildman–Crippen LogP) is 3.00. The minimum absolute atomic E-state index is 0.0347. The normalized spacial score (nSPS) is 23.5. The van der Waals surface area contributed by atoms with Gasteiger partial charge in [-0.25, -0.2) is 0 Å². The lowest BCUT2D eigenvalue weighted by Crippen LogP contribution is -2.39. The highest BCUT2D eigenvalue weighted by Crippen LogP contribution is 2.37. The number of amides is 1. The Morgan fingerprint density at radius 3 is 2.67 bits per heavy atom. The highest BCUT2D eigenvalue weighted by Gasteiger charge is 2.40. The lowest BCUT2D eigenvalue weighted by molar-refractivity contribution is -0.130. The van der Waals surface area contributed by atoms with Crippen LogP contribution in [0.3, 0.4) is 0 Å². The SMILES string of the molecule is O=C1C(O)=C(c2ccc(Cl)cc2)C2CCCCN12. The van der Waals surface area contributed by atoms with E-state index in [-0.39, 0.29) is 17.7 Å². The largest absolute Gasteiger partial charge is 0.503 e. The number of piperidine rings is 1. The molecule has 0 spiro atoms. The van der Waals surface area contributed by atoms with Gasteiger partial charge in [-0.15, -0.1) is 0 Å². The first-order chi connectivity index (χ1) is 8.68. The van der Waals surface area contributed by atoms with Crippen molar-refractivity contribution in [3.05, 3.63) is 40.6 Å². The van der Waals surface area contributed by atoms with Gasteiger partial charge in [-0.05, 0) is 37.0 Å². The van der Waals surface area contributed by atoms with Gasteiger partial charge >= 0.3 is 0 Å². The molecule has 1 saturated heterocycles. The van der Waals surface area contributed by atoms with Gasteiger partial charge in [0.25, 0.3) is 5.91 Å². The van der Waals surface area contributed by atoms with E-state index in [0.29, 0.717) is 5.02 Å². The monoisotopic (exact) mass is 263 g/mol. The van der Waals surface area contributed by atoms with Gasteiger partial charge in [-0.1, -0.05) is 23.7 Å². The number of benzene rings is 1. The van der Waals surface area contributed by atoms with E-state index in [1.165, 1.54) is 0 Å². The molecule has 0 saturated carbocycles. The molecule has 2 aliphatic heterocycles. The zero-order valence-electron chi connectivity index (χ0n) is 9.90. The third-order valence-electron chi connectivity index (χ3n) is 3.71. The molecule has 4 heteroatoms. The summed E-state index contributed by atoms with van der Waals surface area (Å²) < 4.78 is 0. The average Bonchev–Trinajstić information content (AvgIpc) is 2.64. The Balaban J connectivity index is 2.03. The second kappa shape index (κ2) is 4.32. The first kappa shape index (κ1) is 11.6. The zero-order chi connectivity index (χ0) is 12.7. The van der Waals surface area contributed by atoms with Gasteiger partial charge in [0.1, 0.15) is 0 Å². The van der Waals surface area contributed by atoms with Crippen molar-refractivity contribution in [2.45, 2.75) is 25.3 Å². The van der Waals surface area contributed by atoms with Crippen molar-refractivity contribution in [1.29, 1.82) is 0 Å². The van der Waals surface area contributed by atoms with Crippen LogP contribution in [0.4, 0.5) is 0 Å². The number of halogens is 1. The van der Waals surface area contributed by atoms with E-state index in [2.05, 4.69) is 0 Å². The molecular formula is C14H14ClNO2. The number of carbonyl (C=O) groups is 1. The first-order valence-electron chi connectivity index (χ1n) is 6.18. The molecule has 1 atom stereocenters. The van der Waals surface area contributed by atoms with Crippen molar-refractivity contribution in [2.75, 3.05) is 6.54 Å². The van der Waals surface area contributed by atoms with Crippen molar-refractivity contribution in [3.8, 4) is 0 Å². The minimum Gasteiger partial charge on any atom is -0.503 e. The summed E-state index contributed by atoms with van der Waals surface area (Å²) >= 11 is 5.86. The first-order valence-corrected chi connectivity index (χ1v) is 6.56. The molecule has 2 aliphatic rings. The Morgan fingerprint density at radius 2 is 1.94 bits per heavy atom. The van der Waals surface area contributed by atoms with Gasteiger partial charge in [0.2, 0.25) is 0 Å². The van der Waals surface area contributed by atoms with Gasteiger partial charge in [0, 0.05) is 17.1 Å². The summed E-state index contributed by atoms with van der Waals surface area (Å²) in [7, 11) is 0. The number of nitrogens with zero attached hydrogens (tertiary/aromatic N) is 1. The third-order valence-corrected chi connectivity index (χ3v) is 3.96. The predicted molar refractivity (Wildman–Crippen MR) is 70.4 cm³/mol. The molecule has 3 rings (SSSR count). The van der Waals surface area contributed by atoms with Gasteiger partial charge in [-0.3, -0.25) is 4.79 Å². The second-order valence-corrected chi connectivity index (χ2v) is 5.22. The molecule has 3 nitrogen and oxygen atoms in total. The summed E-state index contributed by atoms with van der Waals surface area (Å²) in [4.78, 5) is 13.8. The maximum absolute atomic E-state index is 12.0. The second-order valence-electron chi connectivity index (χ2n) is 4.78. The Bertz CT molecular complexity index is 521.